The molecular weight excluding hydrogens is 346 g/mol. The lowest BCUT2D eigenvalue weighted by atomic mass is 10.1. The molecule has 0 saturated heterocycles. The van der Waals surface area contributed by atoms with E-state index in [4.69, 9.17) is 4.74 Å². The molecule has 0 unspecified atom stereocenters. The number of carbonyl (C=O) groups excluding carboxylic acids is 2. The van der Waals surface area contributed by atoms with E-state index in [-0.39, 0.29) is 17.9 Å². The summed E-state index contributed by atoms with van der Waals surface area (Å²) in [6.07, 6.45) is 2.03. The fraction of sp³-hybridized carbons (Fsp3) is 0.200. The maximum Gasteiger partial charge on any atom is 0.328 e. The molecule has 0 aliphatic carbocycles. The van der Waals surface area contributed by atoms with Gasteiger partial charge in [0.05, 0.1) is 7.11 Å². The van der Waals surface area contributed by atoms with Gasteiger partial charge in [-0.1, -0.05) is 36.4 Å². The van der Waals surface area contributed by atoms with Crippen LogP contribution in [0, 0.1) is 0 Å². The van der Waals surface area contributed by atoms with E-state index >= 15 is 0 Å². The summed E-state index contributed by atoms with van der Waals surface area (Å²) in [6.45, 7) is 1.94. The highest BCUT2D eigenvalue weighted by molar-refractivity contribution is 5.86. The predicted octanol–water partition coefficient (Wildman–Crippen LogP) is 2.08. The molecule has 1 atom stereocenters. The van der Waals surface area contributed by atoms with Crippen LogP contribution in [0.4, 0.5) is 5.82 Å². The molecule has 0 amide bonds. The van der Waals surface area contributed by atoms with Crippen LogP contribution in [0.15, 0.2) is 59.5 Å². The first-order chi connectivity index (χ1) is 13.1. The van der Waals surface area contributed by atoms with Crippen molar-refractivity contribution in [3.63, 3.8) is 0 Å². The zero-order valence-electron chi connectivity index (χ0n) is 15.0. The summed E-state index contributed by atoms with van der Waals surface area (Å²) in [5.74, 6) is -0.333. The molecule has 0 aliphatic rings. The second kappa shape index (κ2) is 7.82. The molecule has 0 N–H and O–H groups in total. The third kappa shape index (κ3) is 3.57. The molecule has 0 aliphatic heterocycles. The Hall–Kier alpha value is -3.48. The van der Waals surface area contributed by atoms with E-state index in [0.717, 1.165) is 5.56 Å². The second-order valence-electron chi connectivity index (χ2n) is 6.01. The molecule has 0 radical (unpaired) electrons. The molecule has 0 fully saturated rings. The van der Waals surface area contributed by atoms with Crippen molar-refractivity contribution in [1.29, 1.82) is 0 Å². The summed E-state index contributed by atoms with van der Waals surface area (Å²) < 4.78 is 6.17. The molecule has 7 nitrogen and oxygen atoms in total. The highest BCUT2D eigenvalue weighted by Gasteiger charge is 2.27. The maximum absolute atomic E-state index is 12.7. The van der Waals surface area contributed by atoms with Gasteiger partial charge in [0, 0.05) is 12.7 Å². The average molecular weight is 365 g/mol. The quantitative estimate of drug-likeness (QED) is 0.491. The summed E-state index contributed by atoms with van der Waals surface area (Å²) in [5.41, 5.74) is 0.699. The van der Waals surface area contributed by atoms with E-state index < -0.39 is 17.6 Å². The molecule has 2 aromatic heterocycles. The van der Waals surface area contributed by atoms with E-state index in [1.807, 2.05) is 30.3 Å². The summed E-state index contributed by atoms with van der Waals surface area (Å²) in [6, 6.07) is 13.8. The lowest BCUT2D eigenvalue weighted by molar-refractivity contribution is -0.141. The monoisotopic (exact) mass is 365 g/mol. The topological polar surface area (TPSA) is 81.0 Å². The SMILES string of the molecule is COC(=O)[C@H](C)N(Cc1ccccc1)c1nc2ccccn2c(=O)c1C=O. The van der Waals surface area contributed by atoms with Crippen LogP contribution in [0.1, 0.15) is 22.8 Å². The Bertz CT molecular complexity index is 1030. The number of rotatable bonds is 6. The Balaban J connectivity index is 2.20. The smallest absolute Gasteiger partial charge is 0.328 e. The largest absolute Gasteiger partial charge is 0.467 e. The van der Waals surface area contributed by atoms with Gasteiger partial charge in [0.2, 0.25) is 0 Å². The minimum absolute atomic E-state index is 0.106. The minimum Gasteiger partial charge on any atom is -0.467 e. The Labute approximate surface area is 155 Å². The van der Waals surface area contributed by atoms with E-state index in [1.54, 1.807) is 36.2 Å². The zero-order chi connectivity index (χ0) is 19.4. The third-order valence-electron chi connectivity index (χ3n) is 4.34. The second-order valence-corrected chi connectivity index (χ2v) is 6.01. The van der Waals surface area contributed by atoms with Gasteiger partial charge < -0.3 is 9.64 Å². The van der Waals surface area contributed by atoms with Gasteiger partial charge in [0.25, 0.3) is 5.56 Å². The number of benzene rings is 1. The number of nitrogens with zero attached hydrogens (tertiary/aromatic N) is 3. The number of fused-ring (bicyclic) bond motifs is 1. The molecular formula is C20H19N3O4. The van der Waals surface area contributed by atoms with Crippen molar-refractivity contribution in [3.8, 4) is 0 Å². The number of pyridine rings is 1. The first-order valence-corrected chi connectivity index (χ1v) is 8.41. The van der Waals surface area contributed by atoms with Crippen molar-refractivity contribution in [1.82, 2.24) is 9.38 Å². The normalized spacial score (nSPS) is 11.8. The average Bonchev–Trinajstić information content (AvgIpc) is 2.71. The molecule has 0 saturated carbocycles. The third-order valence-corrected chi connectivity index (χ3v) is 4.34. The molecule has 1 aromatic carbocycles. The summed E-state index contributed by atoms with van der Waals surface area (Å²) in [7, 11) is 1.29. The van der Waals surface area contributed by atoms with Crippen LogP contribution >= 0.6 is 0 Å². The number of hydrogen-bond acceptors (Lipinski definition) is 6. The van der Waals surface area contributed by atoms with Crippen LogP contribution in [0.5, 0.6) is 0 Å². The van der Waals surface area contributed by atoms with Crippen LogP contribution in [0.25, 0.3) is 5.65 Å². The molecule has 0 bridgehead atoms. The van der Waals surface area contributed by atoms with Crippen molar-refractivity contribution >= 4 is 23.7 Å². The van der Waals surface area contributed by atoms with Crippen LogP contribution in [0.3, 0.4) is 0 Å². The lowest BCUT2D eigenvalue weighted by Gasteiger charge is -2.29. The van der Waals surface area contributed by atoms with E-state index in [1.165, 1.54) is 11.5 Å². The first kappa shape index (κ1) is 18.3. The molecule has 3 aromatic rings. The highest BCUT2D eigenvalue weighted by atomic mass is 16.5. The number of carbonyl (C=O) groups is 2. The van der Waals surface area contributed by atoms with Crippen molar-refractivity contribution in [2.45, 2.75) is 19.5 Å². The lowest BCUT2D eigenvalue weighted by Crippen LogP contribution is -2.41. The minimum atomic E-state index is -0.744. The van der Waals surface area contributed by atoms with Crippen LogP contribution in [-0.2, 0) is 16.1 Å². The molecule has 27 heavy (non-hydrogen) atoms. The number of methoxy groups -OCH3 is 1. The fourth-order valence-electron chi connectivity index (χ4n) is 2.89. The first-order valence-electron chi connectivity index (χ1n) is 8.41. The Morgan fingerprint density at radius 2 is 1.93 bits per heavy atom. The van der Waals surface area contributed by atoms with Crippen LogP contribution in [0.2, 0.25) is 0 Å². The molecule has 7 heteroatoms. The van der Waals surface area contributed by atoms with Crippen LogP contribution < -0.4 is 10.5 Å². The highest BCUT2D eigenvalue weighted by Crippen LogP contribution is 2.21. The number of ether oxygens (including phenoxy) is 1. The molecule has 0 spiro atoms. The number of hydrogen-bond donors (Lipinski definition) is 0. The van der Waals surface area contributed by atoms with Gasteiger partial charge in [-0.3, -0.25) is 14.0 Å². The van der Waals surface area contributed by atoms with Gasteiger partial charge in [-0.05, 0) is 24.6 Å². The molecule has 3 rings (SSSR count). The number of aldehydes is 1. The van der Waals surface area contributed by atoms with Gasteiger partial charge in [0.15, 0.2) is 6.29 Å². The molecule has 2 heterocycles. The Kier molecular flexibility index (Phi) is 5.30. The van der Waals surface area contributed by atoms with Crippen molar-refractivity contribution in [2.75, 3.05) is 12.0 Å². The Morgan fingerprint density at radius 1 is 1.22 bits per heavy atom. The summed E-state index contributed by atoms with van der Waals surface area (Å²) in [4.78, 5) is 42.8. The summed E-state index contributed by atoms with van der Waals surface area (Å²) in [5, 5.41) is 0. The maximum atomic E-state index is 12.7. The molecule has 138 valence electrons. The summed E-state index contributed by atoms with van der Waals surface area (Å²) >= 11 is 0. The van der Waals surface area contributed by atoms with E-state index in [0.29, 0.717) is 11.9 Å². The van der Waals surface area contributed by atoms with Gasteiger partial charge in [-0.2, -0.15) is 0 Å². The number of aromatic nitrogens is 2. The van der Waals surface area contributed by atoms with Crippen LogP contribution in [-0.4, -0.2) is 34.8 Å². The van der Waals surface area contributed by atoms with Gasteiger partial charge in [-0.25, -0.2) is 9.78 Å². The Morgan fingerprint density at radius 3 is 2.59 bits per heavy atom. The standard InChI is InChI=1S/C20H19N3O4/c1-14(20(26)27-2)23(12-15-8-4-3-5-9-15)18-16(13-24)19(25)22-11-7-6-10-17(22)21-18/h3-11,13-14H,12H2,1-2H3/t14-/m0/s1. The van der Waals surface area contributed by atoms with E-state index in [2.05, 4.69) is 4.98 Å². The predicted molar refractivity (Wildman–Crippen MR) is 101 cm³/mol. The van der Waals surface area contributed by atoms with Crippen molar-refractivity contribution in [2.24, 2.45) is 0 Å². The number of esters is 1. The van der Waals surface area contributed by atoms with Crippen molar-refractivity contribution in [3.05, 3.63) is 76.2 Å². The van der Waals surface area contributed by atoms with Gasteiger partial charge in [0.1, 0.15) is 23.1 Å². The van der Waals surface area contributed by atoms with Gasteiger partial charge >= 0.3 is 5.97 Å². The fourth-order valence-corrected chi connectivity index (χ4v) is 2.89. The zero-order valence-corrected chi connectivity index (χ0v) is 15.0. The van der Waals surface area contributed by atoms with E-state index in [9.17, 15) is 14.4 Å². The number of anilines is 1. The van der Waals surface area contributed by atoms with Gasteiger partial charge in [-0.15, -0.1) is 0 Å². The van der Waals surface area contributed by atoms with Crippen molar-refractivity contribution < 1.29 is 14.3 Å².